The van der Waals surface area contributed by atoms with Crippen LogP contribution in [-0.2, 0) is 11.2 Å². The van der Waals surface area contributed by atoms with Crippen molar-refractivity contribution in [3.05, 3.63) is 53.7 Å². The van der Waals surface area contributed by atoms with Gasteiger partial charge in [-0.2, -0.15) is 5.10 Å². The van der Waals surface area contributed by atoms with Gasteiger partial charge in [-0.3, -0.25) is 9.89 Å². The number of carbonyl (C=O) groups is 1. The lowest BCUT2D eigenvalue weighted by Gasteiger charge is -2.35. The van der Waals surface area contributed by atoms with Gasteiger partial charge in [0, 0.05) is 18.9 Å². The molecule has 0 bridgehead atoms. The molecule has 3 aromatic rings. The fraction of sp³-hybridized carbons (Fsp3) is 0.389. The number of likely N-dealkylation sites (tertiary alicyclic amines) is 1. The van der Waals surface area contributed by atoms with E-state index in [0.717, 1.165) is 48.5 Å². The summed E-state index contributed by atoms with van der Waals surface area (Å²) in [6, 6.07) is 7.97. The Hall–Kier alpha value is -2.63. The highest BCUT2D eigenvalue weighted by Gasteiger charge is 2.29. The Labute approximate surface area is 140 Å². The van der Waals surface area contributed by atoms with E-state index in [1.54, 1.807) is 6.20 Å². The number of amides is 1. The molecule has 0 radical (unpaired) electrons. The van der Waals surface area contributed by atoms with Crippen molar-refractivity contribution in [2.45, 2.75) is 38.6 Å². The Balaban J connectivity index is 1.61. The van der Waals surface area contributed by atoms with E-state index in [9.17, 15) is 4.79 Å². The van der Waals surface area contributed by atoms with Crippen LogP contribution in [0.4, 0.5) is 0 Å². The maximum atomic E-state index is 13.0. The molecule has 4 heterocycles. The van der Waals surface area contributed by atoms with Crippen LogP contribution < -0.4 is 0 Å². The number of aryl methyl sites for hydroxylation is 1. The number of rotatable bonds is 3. The quantitative estimate of drug-likeness (QED) is 0.806. The van der Waals surface area contributed by atoms with E-state index in [4.69, 9.17) is 0 Å². The number of pyridine rings is 1. The lowest BCUT2D eigenvalue weighted by atomic mass is 9.98. The molecule has 0 spiro atoms. The minimum absolute atomic E-state index is 0.105. The Morgan fingerprint density at radius 2 is 2.25 bits per heavy atom. The fourth-order valence-electron chi connectivity index (χ4n) is 3.63. The number of aromatic nitrogens is 4. The molecule has 1 atom stereocenters. The summed E-state index contributed by atoms with van der Waals surface area (Å²) in [5, 5.41) is 7.07. The van der Waals surface area contributed by atoms with Gasteiger partial charge in [-0.05, 0) is 44.4 Å². The normalized spacial score (nSPS) is 18.2. The Kier molecular flexibility index (Phi) is 3.80. The molecule has 6 heteroatoms. The average Bonchev–Trinajstić information content (AvgIpc) is 3.24. The molecule has 1 saturated heterocycles. The highest BCUT2D eigenvalue weighted by molar-refractivity contribution is 5.79. The van der Waals surface area contributed by atoms with Gasteiger partial charge in [0.15, 0.2) is 0 Å². The van der Waals surface area contributed by atoms with Crippen molar-refractivity contribution >= 4 is 11.6 Å². The van der Waals surface area contributed by atoms with Gasteiger partial charge in [-0.25, -0.2) is 4.98 Å². The van der Waals surface area contributed by atoms with Gasteiger partial charge in [0.05, 0.1) is 29.5 Å². The van der Waals surface area contributed by atoms with Crippen LogP contribution in [0, 0.1) is 6.92 Å². The highest BCUT2D eigenvalue weighted by Crippen LogP contribution is 2.30. The predicted octanol–water partition coefficient (Wildman–Crippen LogP) is 2.66. The smallest absolute Gasteiger partial charge is 0.229 e. The summed E-state index contributed by atoms with van der Waals surface area (Å²) < 4.78 is 2.02. The van der Waals surface area contributed by atoms with Crippen LogP contribution in [0.2, 0.25) is 0 Å². The Morgan fingerprint density at radius 3 is 3.08 bits per heavy atom. The summed E-state index contributed by atoms with van der Waals surface area (Å²) in [6.45, 7) is 2.77. The van der Waals surface area contributed by atoms with Crippen LogP contribution in [0.5, 0.6) is 0 Å². The topological polar surface area (TPSA) is 66.3 Å². The largest absolute Gasteiger partial charge is 0.334 e. The SMILES string of the molecule is Cc1nc2ccccn2c1CC(=O)N1CCCCC1c1ccn[nH]1. The maximum Gasteiger partial charge on any atom is 0.229 e. The van der Waals surface area contributed by atoms with Crippen molar-refractivity contribution in [1.29, 1.82) is 0 Å². The van der Waals surface area contributed by atoms with E-state index in [2.05, 4.69) is 15.2 Å². The average molecular weight is 323 g/mol. The van der Waals surface area contributed by atoms with Gasteiger partial charge >= 0.3 is 0 Å². The second-order valence-electron chi connectivity index (χ2n) is 6.36. The predicted molar refractivity (Wildman–Crippen MR) is 90.5 cm³/mol. The number of carbonyl (C=O) groups excluding carboxylic acids is 1. The number of aromatic amines is 1. The molecule has 24 heavy (non-hydrogen) atoms. The molecule has 1 aliphatic heterocycles. The fourth-order valence-corrected chi connectivity index (χ4v) is 3.63. The minimum Gasteiger partial charge on any atom is -0.334 e. The summed E-state index contributed by atoms with van der Waals surface area (Å²) in [5.74, 6) is 0.156. The molecule has 1 fully saturated rings. The first-order valence-electron chi connectivity index (χ1n) is 8.45. The third-order valence-electron chi connectivity index (χ3n) is 4.85. The van der Waals surface area contributed by atoms with E-state index >= 15 is 0 Å². The number of imidazole rings is 1. The monoisotopic (exact) mass is 323 g/mol. The molecule has 0 aliphatic carbocycles. The summed E-state index contributed by atoms with van der Waals surface area (Å²) in [5.41, 5.74) is 3.81. The van der Waals surface area contributed by atoms with Crippen LogP contribution in [0.25, 0.3) is 5.65 Å². The van der Waals surface area contributed by atoms with Crippen LogP contribution >= 0.6 is 0 Å². The van der Waals surface area contributed by atoms with E-state index in [1.807, 2.05) is 46.7 Å². The molecule has 0 saturated carbocycles. The van der Waals surface area contributed by atoms with Crippen molar-refractivity contribution in [2.24, 2.45) is 0 Å². The Morgan fingerprint density at radius 1 is 1.33 bits per heavy atom. The molecule has 1 N–H and O–H groups in total. The van der Waals surface area contributed by atoms with Crippen LogP contribution in [-0.4, -0.2) is 36.9 Å². The van der Waals surface area contributed by atoms with Crippen molar-refractivity contribution in [1.82, 2.24) is 24.5 Å². The second-order valence-corrected chi connectivity index (χ2v) is 6.36. The zero-order chi connectivity index (χ0) is 16.5. The van der Waals surface area contributed by atoms with Gasteiger partial charge in [0.25, 0.3) is 0 Å². The first kappa shape index (κ1) is 14.9. The van der Waals surface area contributed by atoms with Gasteiger partial charge in [-0.1, -0.05) is 6.07 Å². The van der Waals surface area contributed by atoms with Crippen LogP contribution in [0.15, 0.2) is 36.7 Å². The van der Waals surface area contributed by atoms with Gasteiger partial charge < -0.3 is 9.30 Å². The number of fused-ring (bicyclic) bond motifs is 1. The number of H-pyrrole nitrogens is 1. The van der Waals surface area contributed by atoms with E-state index < -0.39 is 0 Å². The van der Waals surface area contributed by atoms with Crippen LogP contribution in [0.1, 0.15) is 42.4 Å². The standard InChI is InChI=1S/C18H21N5O/c1-13-16(22-10-5-3-7-17(22)20-13)12-18(24)23-11-4-2-6-15(23)14-8-9-19-21-14/h3,5,7-10,15H,2,4,6,11-12H2,1H3,(H,19,21). The molecular weight excluding hydrogens is 302 g/mol. The molecule has 124 valence electrons. The van der Waals surface area contributed by atoms with Crippen molar-refractivity contribution in [3.63, 3.8) is 0 Å². The third-order valence-corrected chi connectivity index (χ3v) is 4.85. The Bertz CT molecular complexity index is 852. The number of nitrogens with one attached hydrogen (secondary N) is 1. The molecule has 6 nitrogen and oxygen atoms in total. The molecule has 3 aromatic heterocycles. The molecular formula is C18H21N5O. The third kappa shape index (κ3) is 2.58. The molecule has 1 amide bonds. The van der Waals surface area contributed by atoms with Crippen molar-refractivity contribution in [3.8, 4) is 0 Å². The van der Waals surface area contributed by atoms with Crippen molar-refractivity contribution in [2.75, 3.05) is 6.54 Å². The zero-order valence-corrected chi connectivity index (χ0v) is 13.8. The lowest BCUT2D eigenvalue weighted by molar-refractivity contribution is -0.134. The summed E-state index contributed by atoms with van der Waals surface area (Å²) >= 11 is 0. The first-order chi connectivity index (χ1) is 11.7. The second kappa shape index (κ2) is 6.11. The van der Waals surface area contributed by atoms with E-state index in [1.165, 1.54) is 0 Å². The molecule has 1 unspecified atom stereocenters. The zero-order valence-electron chi connectivity index (χ0n) is 13.8. The van der Waals surface area contributed by atoms with E-state index in [-0.39, 0.29) is 11.9 Å². The molecule has 0 aromatic carbocycles. The van der Waals surface area contributed by atoms with E-state index in [0.29, 0.717) is 6.42 Å². The lowest BCUT2D eigenvalue weighted by Crippen LogP contribution is -2.39. The number of hydrogen-bond donors (Lipinski definition) is 1. The highest BCUT2D eigenvalue weighted by atomic mass is 16.2. The van der Waals surface area contributed by atoms with Gasteiger partial charge in [-0.15, -0.1) is 0 Å². The maximum absolute atomic E-state index is 13.0. The summed E-state index contributed by atoms with van der Waals surface area (Å²) in [4.78, 5) is 19.6. The van der Waals surface area contributed by atoms with Crippen molar-refractivity contribution < 1.29 is 4.79 Å². The summed E-state index contributed by atoms with van der Waals surface area (Å²) in [6.07, 6.45) is 7.29. The van der Waals surface area contributed by atoms with Crippen LogP contribution in [0.3, 0.4) is 0 Å². The minimum atomic E-state index is 0.105. The molecule has 4 rings (SSSR count). The van der Waals surface area contributed by atoms with Gasteiger partial charge in [0.2, 0.25) is 5.91 Å². The number of piperidine rings is 1. The number of nitrogens with zero attached hydrogens (tertiary/aromatic N) is 4. The number of hydrogen-bond acceptors (Lipinski definition) is 3. The first-order valence-corrected chi connectivity index (χ1v) is 8.45. The molecule has 1 aliphatic rings. The van der Waals surface area contributed by atoms with Gasteiger partial charge in [0.1, 0.15) is 5.65 Å². The summed E-state index contributed by atoms with van der Waals surface area (Å²) in [7, 11) is 0.